The van der Waals surface area contributed by atoms with E-state index >= 15 is 0 Å². The topological polar surface area (TPSA) is 128 Å². The summed E-state index contributed by atoms with van der Waals surface area (Å²) in [5.41, 5.74) is 1.00. The minimum absolute atomic E-state index is 0.202. The van der Waals surface area contributed by atoms with Crippen LogP contribution in [0.5, 0.6) is 11.5 Å². The number of hydrogen-bond donors (Lipinski definition) is 1. The lowest BCUT2D eigenvalue weighted by atomic mass is 10.1. The quantitative estimate of drug-likeness (QED) is 0.289. The number of nitrogens with one attached hydrogen (secondary N) is 1. The van der Waals surface area contributed by atoms with Gasteiger partial charge in [-0.1, -0.05) is 18.2 Å². The molecule has 0 bridgehead atoms. The smallest absolute Gasteiger partial charge is 0.273 e. The SMILES string of the molecule is CCOc1ccc(C(C)NC(=O)CN(c2ccc(OC)cc2)S(=O)(=O)c2ccc(C)c([N+](=O)[O-])c2)cc1. The van der Waals surface area contributed by atoms with Gasteiger partial charge in [-0.05, 0) is 68.8 Å². The van der Waals surface area contributed by atoms with Crippen LogP contribution >= 0.6 is 0 Å². The minimum atomic E-state index is -4.34. The molecule has 0 aliphatic rings. The number of nitro groups is 1. The van der Waals surface area contributed by atoms with E-state index in [1.54, 1.807) is 31.2 Å². The fraction of sp³-hybridized carbons (Fsp3) is 0.269. The normalized spacial score (nSPS) is 11.9. The van der Waals surface area contributed by atoms with Crippen LogP contribution < -0.4 is 19.1 Å². The van der Waals surface area contributed by atoms with Crippen molar-refractivity contribution in [1.82, 2.24) is 5.32 Å². The Bertz CT molecular complexity index is 1360. The van der Waals surface area contributed by atoms with E-state index in [1.807, 2.05) is 19.1 Å². The first-order chi connectivity index (χ1) is 17.6. The summed E-state index contributed by atoms with van der Waals surface area (Å²) in [6, 6.07) is 16.6. The van der Waals surface area contributed by atoms with E-state index in [0.717, 1.165) is 15.9 Å². The molecule has 0 aliphatic carbocycles. The maximum Gasteiger partial charge on any atom is 0.273 e. The molecule has 11 heteroatoms. The van der Waals surface area contributed by atoms with Crippen LogP contribution in [0.2, 0.25) is 0 Å². The standard InChI is InChI=1S/C26H29N3O7S/c1-5-36-23-11-7-20(8-12-23)19(3)27-26(30)17-28(21-9-13-22(35-4)14-10-21)37(33,34)24-15-6-18(2)25(16-24)29(31)32/h6-16,19H,5,17H2,1-4H3,(H,27,30). The summed E-state index contributed by atoms with van der Waals surface area (Å²) >= 11 is 0. The van der Waals surface area contributed by atoms with Gasteiger partial charge in [0.1, 0.15) is 18.0 Å². The minimum Gasteiger partial charge on any atom is -0.497 e. The molecule has 0 spiro atoms. The summed E-state index contributed by atoms with van der Waals surface area (Å²) < 4.78 is 38.8. The molecule has 3 aromatic carbocycles. The van der Waals surface area contributed by atoms with Gasteiger partial charge in [-0.15, -0.1) is 0 Å². The highest BCUT2D eigenvalue weighted by atomic mass is 32.2. The number of nitrogens with zero attached hydrogens (tertiary/aromatic N) is 2. The lowest BCUT2D eigenvalue weighted by molar-refractivity contribution is -0.385. The highest BCUT2D eigenvalue weighted by molar-refractivity contribution is 7.92. The summed E-state index contributed by atoms with van der Waals surface area (Å²) in [6.45, 7) is 5.17. The number of ether oxygens (including phenoxy) is 2. The molecule has 3 rings (SSSR count). The summed E-state index contributed by atoms with van der Waals surface area (Å²) in [7, 11) is -2.87. The monoisotopic (exact) mass is 527 g/mol. The van der Waals surface area contributed by atoms with Gasteiger partial charge in [0, 0.05) is 11.6 Å². The fourth-order valence-corrected chi connectivity index (χ4v) is 5.10. The van der Waals surface area contributed by atoms with Crippen LogP contribution in [0.3, 0.4) is 0 Å². The molecule has 1 atom stereocenters. The molecule has 3 aromatic rings. The Morgan fingerprint density at radius 3 is 2.24 bits per heavy atom. The van der Waals surface area contributed by atoms with Gasteiger partial charge in [-0.2, -0.15) is 0 Å². The van der Waals surface area contributed by atoms with Crippen LogP contribution in [0.4, 0.5) is 11.4 Å². The maximum absolute atomic E-state index is 13.6. The number of amides is 1. The Kier molecular flexibility index (Phi) is 8.72. The van der Waals surface area contributed by atoms with Crippen LogP contribution in [0, 0.1) is 17.0 Å². The lowest BCUT2D eigenvalue weighted by Crippen LogP contribution is -2.41. The number of anilines is 1. The summed E-state index contributed by atoms with van der Waals surface area (Å²) in [5, 5.41) is 14.2. The van der Waals surface area contributed by atoms with Gasteiger partial charge in [0.15, 0.2) is 0 Å². The van der Waals surface area contributed by atoms with E-state index in [-0.39, 0.29) is 16.3 Å². The second-order valence-corrected chi connectivity index (χ2v) is 10.1. The molecule has 0 saturated carbocycles. The molecule has 1 N–H and O–H groups in total. The van der Waals surface area contributed by atoms with E-state index in [2.05, 4.69) is 5.32 Å². The molecule has 10 nitrogen and oxygen atoms in total. The summed E-state index contributed by atoms with van der Waals surface area (Å²) in [4.78, 5) is 23.5. The van der Waals surface area contributed by atoms with Gasteiger partial charge >= 0.3 is 0 Å². The van der Waals surface area contributed by atoms with Crippen molar-refractivity contribution in [2.45, 2.75) is 31.7 Å². The number of carbonyl (C=O) groups is 1. The first-order valence-electron chi connectivity index (χ1n) is 11.5. The van der Waals surface area contributed by atoms with Crippen molar-refractivity contribution in [2.24, 2.45) is 0 Å². The van der Waals surface area contributed by atoms with Crippen molar-refractivity contribution in [3.63, 3.8) is 0 Å². The van der Waals surface area contributed by atoms with E-state index in [1.165, 1.54) is 38.3 Å². The van der Waals surface area contributed by atoms with Crippen molar-refractivity contribution < 1.29 is 27.6 Å². The van der Waals surface area contributed by atoms with E-state index in [4.69, 9.17) is 9.47 Å². The Morgan fingerprint density at radius 2 is 1.68 bits per heavy atom. The summed E-state index contributed by atoms with van der Waals surface area (Å²) in [6.07, 6.45) is 0. The first kappa shape index (κ1) is 27.5. The number of carbonyl (C=O) groups excluding carboxylic acids is 1. The molecule has 1 unspecified atom stereocenters. The molecular formula is C26H29N3O7S. The van der Waals surface area contributed by atoms with Crippen molar-refractivity contribution in [3.05, 3.63) is 88.0 Å². The Labute approximate surface area is 216 Å². The molecule has 0 aromatic heterocycles. The zero-order valence-electron chi connectivity index (χ0n) is 21.0. The maximum atomic E-state index is 13.6. The van der Waals surface area contributed by atoms with E-state index in [0.29, 0.717) is 23.7 Å². The second-order valence-electron chi connectivity index (χ2n) is 8.21. The van der Waals surface area contributed by atoms with Gasteiger partial charge in [-0.3, -0.25) is 19.2 Å². The molecule has 0 saturated heterocycles. The molecule has 0 fully saturated rings. The van der Waals surface area contributed by atoms with E-state index < -0.39 is 33.4 Å². The molecule has 37 heavy (non-hydrogen) atoms. The molecule has 196 valence electrons. The van der Waals surface area contributed by atoms with Crippen molar-refractivity contribution in [1.29, 1.82) is 0 Å². The van der Waals surface area contributed by atoms with Crippen molar-refractivity contribution in [2.75, 3.05) is 24.6 Å². The zero-order valence-corrected chi connectivity index (χ0v) is 21.8. The molecule has 0 aliphatic heterocycles. The fourth-order valence-electron chi connectivity index (χ4n) is 3.66. The van der Waals surface area contributed by atoms with Gasteiger partial charge in [-0.25, -0.2) is 8.42 Å². The lowest BCUT2D eigenvalue weighted by Gasteiger charge is -2.25. The molecular weight excluding hydrogens is 498 g/mol. The van der Waals surface area contributed by atoms with Crippen LogP contribution in [0.25, 0.3) is 0 Å². The third-order valence-electron chi connectivity index (χ3n) is 5.68. The Hall–Kier alpha value is -4.12. The van der Waals surface area contributed by atoms with Crippen LogP contribution in [-0.2, 0) is 14.8 Å². The van der Waals surface area contributed by atoms with Crippen LogP contribution in [-0.4, -0.2) is 39.5 Å². The highest BCUT2D eigenvalue weighted by Gasteiger charge is 2.29. The van der Waals surface area contributed by atoms with Crippen LogP contribution in [0.1, 0.15) is 31.0 Å². The van der Waals surface area contributed by atoms with Gasteiger partial charge in [0.05, 0.1) is 35.3 Å². The third kappa shape index (κ3) is 6.56. The van der Waals surface area contributed by atoms with Crippen molar-refractivity contribution in [3.8, 4) is 11.5 Å². The predicted molar refractivity (Wildman–Crippen MR) is 140 cm³/mol. The van der Waals surface area contributed by atoms with Gasteiger partial charge in [0.25, 0.3) is 15.7 Å². The number of methoxy groups -OCH3 is 1. The van der Waals surface area contributed by atoms with Crippen molar-refractivity contribution >= 4 is 27.3 Å². The number of benzene rings is 3. The first-order valence-corrected chi connectivity index (χ1v) is 12.9. The zero-order chi connectivity index (χ0) is 27.2. The average molecular weight is 528 g/mol. The number of aryl methyl sites for hydroxylation is 1. The van der Waals surface area contributed by atoms with Crippen LogP contribution in [0.15, 0.2) is 71.6 Å². The largest absolute Gasteiger partial charge is 0.497 e. The molecule has 0 heterocycles. The van der Waals surface area contributed by atoms with Gasteiger partial charge in [0.2, 0.25) is 5.91 Å². The predicted octanol–water partition coefficient (Wildman–Crippen LogP) is 4.38. The highest BCUT2D eigenvalue weighted by Crippen LogP contribution is 2.29. The second kappa shape index (κ2) is 11.7. The number of rotatable bonds is 11. The average Bonchev–Trinajstić information content (AvgIpc) is 2.88. The number of hydrogen-bond acceptors (Lipinski definition) is 7. The van der Waals surface area contributed by atoms with E-state index in [9.17, 15) is 23.3 Å². The number of nitro benzene ring substituents is 1. The molecule has 1 amide bonds. The summed E-state index contributed by atoms with van der Waals surface area (Å²) in [5.74, 6) is 0.650. The third-order valence-corrected chi connectivity index (χ3v) is 7.45. The Morgan fingerprint density at radius 1 is 1.05 bits per heavy atom. The van der Waals surface area contributed by atoms with Gasteiger partial charge < -0.3 is 14.8 Å². The Balaban J connectivity index is 1.91. The number of sulfonamides is 1. The molecule has 0 radical (unpaired) electrons.